The second-order valence-electron chi connectivity index (χ2n) is 6.46. The Labute approximate surface area is 112 Å². The minimum atomic E-state index is 0.291. The van der Waals surface area contributed by atoms with E-state index in [1.54, 1.807) is 0 Å². The van der Waals surface area contributed by atoms with Crippen LogP contribution >= 0.6 is 0 Å². The molecule has 1 aliphatic heterocycles. The third kappa shape index (κ3) is 3.26. The first-order chi connectivity index (χ1) is 8.74. The smallest absolute Gasteiger partial charge is 0.0672 e. The molecule has 2 aliphatic rings. The van der Waals surface area contributed by atoms with Crippen molar-refractivity contribution in [1.29, 1.82) is 5.26 Å². The molecule has 0 amide bonds. The lowest BCUT2D eigenvalue weighted by molar-refractivity contribution is 0.108. The lowest BCUT2D eigenvalue weighted by atomic mass is 9.79. The monoisotopic (exact) mass is 248 g/mol. The van der Waals surface area contributed by atoms with E-state index in [9.17, 15) is 5.26 Å². The van der Waals surface area contributed by atoms with E-state index in [1.165, 1.54) is 51.6 Å². The summed E-state index contributed by atoms with van der Waals surface area (Å²) in [4.78, 5) is 2.65. The van der Waals surface area contributed by atoms with Crippen molar-refractivity contribution in [3.05, 3.63) is 0 Å². The van der Waals surface area contributed by atoms with Gasteiger partial charge in [-0.15, -0.1) is 0 Å². The highest BCUT2D eigenvalue weighted by molar-refractivity contribution is 4.97. The maximum atomic E-state index is 9.37. The molecule has 2 fully saturated rings. The first-order valence-electron chi connectivity index (χ1n) is 7.88. The van der Waals surface area contributed by atoms with Gasteiger partial charge in [0.1, 0.15) is 0 Å². The molecule has 2 heteroatoms. The molecule has 0 radical (unpaired) electrons. The van der Waals surface area contributed by atoms with E-state index in [0.717, 1.165) is 18.3 Å². The molecule has 0 bridgehead atoms. The molecule has 1 aliphatic carbocycles. The molecule has 2 rings (SSSR count). The van der Waals surface area contributed by atoms with Crippen LogP contribution in [0.3, 0.4) is 0 Å². The van der Waals surface area contributed by atoms with Crippen molar-refractivity contribution in [3.63, 3.8) is 0 Å². The van der Waals surface area contributed by atoms with Gasteiger partial charge in [0.25, 0.3) is 0 Å². The van der Waals surface area contributed by atoms with Crippen LogP contribution in [0, 0.1) is 29.1 Å². The van der Waals surface area contributed by atoms with Gasteiger partial charge in [-0.25, -0.2) is 0 Å². The fraction of sp³-hybridized carbons (Fsp3) is 0.938. The third-order valence-electron chi connectivity index (χ3n) is 5.17. The van der Waals surface area contributed by atoms with Gasteiger partial charge in [-0.1, -0.05) is 20.3 Å². The zero-order chi connectivity index (χ0) is 13.0. The van der Waals surface area contributed by atoms with Crippen LogP contribution in [-0.4, -0.2) is 24.0 Å². The van der Waals surface area contributed by atoms with Crippen molar-refractivity contribution < 1.29 is 0 Å². The highest BCUT2D eigenvalue weighted by Gasteiger charge is 2.33. The minimum Gasteiger partial charge on any atom is -0.299 e. The summed E-state index contributed by atoms with van der Waals surface area (Å²) in [5.41, 5.74) is 0. The summed E-state index contributed by atoms with van der Waals surface area (Å²) in [6.45, 7) is 7.13. The van der Waals surface area contributed by atoms with E-state index in [2.05, 4.69) is 24.8 Å². The molecule has 102 valence electrons. The summed E-state index contributed by atoms with van der Waals surface area (Å²) in [7, 11) is 0. The van der Waals surface area contributed by atoms with Crippen molar-refractivity contribution >= 4 is 0 Å². The van der Waals surface area contributed by atoms with Gasteiger partial charge in [-0.2, -0.15) is 5.26 Å². The van der Waals surface area contributed by atoms with Crippen LogP contribution in [0.15, 0.2) is 0 Å². The van der Waals surface area contributed by atoms with E-state index in [1.807, 2.05) is 0 Å². The highest BCUT2D eigenvalue weighted by Crippen LogP contribution is 2.33. The molecular formula is C16H28N2. The summed E-state index contributed by atoms with van der Waals surface area (Å²) in [6, 6.07) is 3.13. The summed E-state index contributed by atoms with van der Waals surface area (Å²) < 4.78 is 0. The van der Waals surface area contributed by atoms with Crippen molar-refractivity contribution in [3.8, 4) is 6.07 Å². The number of rotatable bonds is 2. The first kappa shape index (κ1) is 13.9. The second-order valence-corrected chi connectivity index (χ2v) is 6.46. The molecule has 4 unspecified atom stereocenters. The Bertz CT molecular complexity index is 294. The average Bonchev–Trinajstić information content (AvgIpc) is 2.63. The maximum absolute atomic E-state index is 9.37. The topological polar surface area (TPSA) is 27.0 Å². The fourth-order valence-electron chi connectivity index (χ4n) is 3.83. The Hall–Kier alpha value is -0.550. The first-order valence-corrected chi connectivity index (χ1v) is 7.88. The third-order valence-corrected chi connectivity index (χ3v) is 5.17. The lowest BCUT2D eigenvalue weighted by Crippen LogP contribution is -2.44. The van der Waals surface area contributed by atoms with E-state index >= 15 is 0 Å². The Morgan fingerprint density at radius 2 is 2.00 bits per heavy atom. The minimum absolute atomic E-state index is 0.291. The average molecular weight is 248 g/mol. The van der Waals surface area contributed by atoms with Crippen LogP contribution in [0.4, 0.5) is 0 Å². The molecule has 1 saturated carbocycles. The second kappa shape index (κ2) is 6.57. The van der Waals surface area contributed by atoms with Crippen LogP contribution in [0.2, 0.25) is 0 Å². The zero-order valence-corrected chi connectivity index (χ0v) is 12.1. The normalized spacial score (nSPS) is 38.9. The van der Waals surface area contributed by atoms with Gasteiger partial charge in [-0.05, 0) is 63.5 Å². The van der Waals surface area contributed by atoms with E-state index < -0.39 is 0 Å². The summed E-state index contributed by atoms with van der Waals surface area (Å²) >= 11 is 0. The molecule has 1 heterocycles. The maximum Gasteiger partial charge on any atom is 0.0672 e. The molecular weight excluding hydrogens is 220 g/mol. The molecule has 0 aromatic heterocycles. The number of likely N-dealkylation sites (tertiary alicyclic amines) is 1. The summed E-state index contributed by atoms with van der Waals surface area (Å²) in [6.07, 6.45) is 9.02. The van der Waals surface area contributed by atoms with Crippen molar-refractivity contribution in [2.45, 2.75) is 64.8 Å². The van der Waals surface area contributed by atoms with E-state index in [4.69, 9.17) is 0 Å². The number of hydrogen-bond donors (Lipinski definition) is 0. The van der Waals surface area contributed by atoms with Crippen LogP contribution in [0.1, 0.15) is 58.8 Å². The lowest BCUT2D eigenvalue weighted by Gasteiger charge is -2.39. The van der Waals surface area contributed by atoms with Crippen LogP contribution in [-0.2, 0) is 0 Å². The number of nitriles is 1. The predicted molar refractivity (Wildman–Crippen MR) is 75.1 cm³/mol. The Kier molecular flexibility index (Phi) is 5.06. The van der Waals surface area contributed by atoms with Crippen LogP contribution in [0.5, 0.6) is 0 Å². The molecule has 0 aromatic rings. The van der Waals surface area contributed by atoms with Crippen molar-refractivity contribution in [1.82, 2.24) is 4.90 Å². The van der Waals surface area contributed by atoms with Gasteiger partial charge in [-0.3, -0.25) is 4.90 Å². The quantitative estimate of drug-likeness (QED) is 0.742. The van der Waals surface area contributed by atoms with Gasteiger partial charge in [0.2, 0.25) is 0 Å². The van der Waals surface area contributed by atoms with Gasteiger partial charge < -0.3 is 0 Å². The standard InChI is InChI=1S/C16H28N2/c1-3-14-5-4-9-18(10-8-14)16-11-13(2)6-7-15(16)12-17/h13-16H,3-11H2,1-2H3. The van der Waals surface area contributed by atoms with Crippen molar-refractivity contribution in [2.75, 3.05) is 13.1 Å². The molecule has 0 aromatic carbocycles. The number of hydrogen-bond acceptors (Lipinski definition) is 2. The number of nitrogens with zero attached hydrogens (tertiary/aromatic N) is 2. The fourth-order valence-corrected chi connectivity index (χ4v) is 3.83. The van der Waals surface area contributed by atoms with E-state index in [0.29, 0.717) is 12.0 Å². The SMILES string of the molecule is CCC1CCCN(C2CC(C)CCC2C#N)CC1. The van der Waals surface area contributed by atoms with Gasteiger partial charge in [0.15, 0.2) is 0 Å². The summed E-state index contributed by atoms with van der Waals surface area (Å²) in [5, 5.41) is 9.37. The molecule has 18 heavy (non-hydrogen) atoms. The Balaban J connectivity index is 1.98. The Morgan fingerprint density at radius 1 is 1.17 bits per heavy atom. The largest absolute Gasteiger partial charge is 0.299 e. The predicted octanol–water partition coefficient (Wildman–Crippen LogP) is 3.83. The summed E-state index contributed by atoms with van der Waals surface area (Å²) in [5.74, 6) is 2.03. The highest BCUT2D eigenvalue weighted by atomic mass is 15.2. The molecule has 0 N–H and O–H groups in total. The zero-order valence-electron chi connectivity index (χ0n) is 12.1. The van der Waals surface area contributed by atoms with Crippen LogP contribution < -0.4 is 0 Å². The van der Waals surface area contributed by atoms with Gasteiger partial charge >= 0.3 is 0 Å². The van der Waals surface area contributed by atoms with Gasteiger partial charge in [0.05, 0.1) is 12.0 Å². The Morgan fingerprint density at radius 3 is 2.72 bits per heavy atom. The molecule has 2 nitrogen and oxygen atoms in total. The molecule has 4 atom stereocenters. The van der Waals surface area contributed by atoms with Crippen molar-refractivity contribution in [2.24, 2.45) is 17.8 Å². The van der Waals surface area contributed by atoms with Crippen LogP contribution in [0.25, 0.3) is 0 Å². The molecule has 0 spiro atoms. The molecule has 1 saturated heterocycles. The van der Waals surface area contributed by atoms with Gasteiger partial charge in [0, 0.05) is 6.04 Å². The van der Waals surface area contributed by atoms with E-state index in [-0.39, 0.29) is 0 Å².